The van der Waals surface area contributed by atoms with Gasteiger partial charge in [-0.2, -0.15) is 0 Å². The number of carbonyl (C=O) groups is 2. The molecule has 2 aromatic heterocycles. The number of nitrogens with zero attached hydrogens (tertiary/aromatic N) is 4. The Balaban J connectivity index is 1.61. The highest BCUT2D eigenvalue weighted by Crippen LogP contribution is 2.32. The van der Waals surface area contributed by atoms with Crippen molar-refractivity contribution in [3.05, 3.63) is 40.9 Å². The van der Waals surface area contributed by atoms with Crippen LogP contribution in [0.1, 0.15) is 66.9 Å². The van der Waals surface area contributed by atoms with Gasteiger partial charge >= 0.3 is 6.03 Å². The van der Waals surface area contributed by atoms with Gasteiger partial charge in [-0.05, 0) is 63.7 Å². The molecule has 2 aromatic rings. The number of aliphatic hydroxyl groups is 1. The smallest absolute Gasteiger partial charge is 0.321 e. The van der Waals surface area contributed by atoms with E-state index in [-0.39, 0.29) is 42.9 Å². The summed E-state index contributed by atoms with van der Waals surface area (Å²) in [4.78, 5) is 34.4. The molecule has 1 aliphatic carbocycles. The fraction of sp³-hybridized carbons (Fsp3) is 0.556. The zero-order valence-electron chi connectivity index (χ0n) is 22.3. The first-order valence-electron chi connectivity index (χ1n) is 12.9. The summed E-state index contributed by atoms with van der Waals surface area (Å²) in [6.45, 7) is 7.78. The van der Waals surface area contributed by atoms with Gasteiger partial charge in [-0.3, -0.25) is 4.79 Å². The molecule has 2 N–H and O–H groups in total. The highest BCUT2D eigenvalue weighted by atomic mass is 16.5. The SMILES string of the molecule is Cc1noc(C)c1NC(=O)N(C)C[C@@H]1Oc2ncc(C3=CCCCC3)cc2C(=O)N([C@@H](C)CO)C[C@@H]1C. The predicted octanol–water partition coefficient (Wildman–Crippen LogP) is 4.03. The lowest BCUT2D eigenvalue weighted by Gasteiger charge is -2.37. The van der Waals surface area contributed by atoms with Gasteiger partial charge in [0, 0.05) is 25.7 Å². The minimum atomic E-state index is -0.437. The molecule has 2 aliphatic rings. The standard InChI is InChI=1S/C27H37N5O5/c1-16-13-32(17(2)15-33)26(34)22-11-21(20-9-7-6-8-10-20)12-28-25(22)36-23(16)14-31(5)27(35)29-24-18(3)30-37-19(24)4/h9,11-12,16-17,23,33H,6-8,10,13-15H2,1-5H3,(H,29,35)/t16-,17-,23-/m0/s1. The van der Waals surface area contributed by atoms with E-state index in [1.54, 1.807) is 32.0 Å². The summed E-state index contributed by atoms with van der Waals surface area (Å²) < 4.78 is 11.5. The third kappa shape index (κ3) is 5.79. The largest absolute Gasteiger partial charge is 0.472 e. The number of nitrogens with one attached hydrogen (secondary N) is 1. The van der Waals surface area contributed by atoms with E-state index in [1.165, 1.54) is 16.9 Å². The third-order valence-corrected chi connectivity index (χ3v) is 7.25. The molecule has 0 spiro atoms. The van der Waals surface area contributed by atoms with Crippen LogP contribution in [-0.4, -0.2) is 75.9 Å². The first-order chi connectivity index (χ1) is 17.7. The normalized spacial score (nSPS) is 20.8. The van der Waals surface area contributed by atoms with Gasteiger partial charge in [-0.15, -0.1) is 0 Å². The number of hydrogen-bond donors (Lipinski definition) is 2. The number of anilines is 1. The van der Waals surface area contributed by atoms with Crippen LogP contribution in [0.5, 0.6) is 5.88 Å². The monoisotopic (exact) mass is 511 g/mol. The summed E-state index contributed by atoms with van der Waals surface area (Å²) in [7, 11) is 1.69. The van der Waals surface area contributed by atoms with Gasteiger partial charge in [0.15, 0.2) is 5.76 Å². The summed E-state index contributed by atoms with van der Waals surface area (Å²) in [5, 5.41) is 16.6. The summed E-state index contributed by atoms with van der Waals surface area (Å²) in [6, 6.07) is 1.16. The Labute approximate surface area is 217 Å². The maximum atomic E-state index is 13.6. The minimum Gasteiger partial charge on any atom is -0.472 e. The Morgan fingerprint density at radius 1 is 1.35 bits per heavy atom. The Morgan fingerprint density at radius 3 is 2.78 bits per heavy atom. The van der Waals surface area contributed by atoms with Gasteiger partial charge in [0.05, 0.1) is 19.2 Å². The quantitative estimate of drug-likeness (QED) is 0.601. The summed E-state index contributed by atoms with van der Waals surface area (Å²) in [5.41, 5.74) is 3.65. The maximum Gasteiger partial charge on any atom is 0.321 e. The molecule has 10 nitrogen and oxygen atoms in total. The topological polar surface area (TPSA) is 121 Å². The number of ether oxygens (including phenoxy) is 1. The van der Waals surface area contributed by atoms with Gasteiger partial charge in [-0.1, -0.05) is 18.2 Å². The molecule has 3 amide bonds. The van der Waals surface area contributed by atoms with Crippen LogP contribution in [0.15, 0.2) is 22.9 Å². The van der Waals surface area contributed by atoms with Crippen LogP contribution >= 0.6 is 0 Å². The number of carbonyl (C=O) groups excluding carboxylic acids is 2. The molecule has 3 atom stereocenters. The van der Waals surface area contributed by atoms with E-state index >= 15 is 0 Å². The number of fused-ring (bicyclic) bond motifs is 1. The van der Waals surface area contributed by atoms with Crippen molar-refractivity contribution in [1.82, 2.24) is 19.9 Å². The molecule has 10 heteroatoms. The molecule has 200 valence electrons. The lowest BCUT2D eigenvalue weighted by Crippen LogP contribution is -2.50. The first kappa shape index (κ1) is 26.7. The average molecular weight is 512 g/mol. The van der Waals surface area contributed by atoms with E-state index in [1.807, 2.05) is 19.9 Å². The number of urea groups is 1. The molecule has 3 heterocycles. The van der Waals surface area contributed by atoms with E-state index < -0.39 is 6.10 Å². The number of hydrogen-bond acceptors (Lipinski definition) is 7. The van der Waals surface area contributed by atoms with Crippen molar-refractivity contribution in [1.29, 1.82) is 0 Å². The summed E-state index contributed by atoms with van der Waals surface area (Å²) >= 11 is 0. The zero-order valence-corrected chi connectivity index (χ0v) is 22.3. The van der Waals surface area contributed by atoms with E-state index in [2.05, 4.69) is 21.5 Å². The molecule has 0 fully saturated rings. The Hall–Kier alpha value is -3.40. The summed E-state index contributed by atoms with van der Waals surface area (Å²) in [6.07, 6.45) is 7.80. The second-order valence-electron chi connectivity index (χ2n) is 10.2. The molecular formula is C27H37N5O5. The van der Waals surface area contributed by atoms with Crippen molar-refractivity contribution < 1.29 is 24.0 Å². The fourth-order valence-electron chi connectivity index (χ4n) is 4.81. The second-order valence-corrected chi connectivity index (χ2v) is 10.2. The van der Waals surface area contributed by atoms with E-state index in [0.717, 1.165) is 24.8 Å². The number of rotatable bonds is 6. The van der Waals surface area contributed by atoms with Crippen LogP contribution in [0.25, 0.3) is 5.57 Å². The van der Waals surface area contributed by atoms with Gasteiger partial charge in [0.25, 0.3) is 5.91 Å². The molecule has 0 bridgehead atoms. The van der Waals surface area contributed by atoms with Gasteiger partial charge in [-0.25, -0.2) is 9.78 Å². The zero-order chi connectivity index (χ0) is 26.7. The number of aliphatic hydroxyl groups excluding tert-OH is 1. The number of aromatic nitrogens is 2. The number of aryl methyl sites for hydroxylation is 2. The first-order valence-corrected chi connectivity index (χ1v) is 12.9. The molecule has 1 aliphatic heterocycles. The molecule has 4 rings (SSSR count). The molecule has 0 radical (unpaired) electrons. The number of likely N-dealkylation sites (N-methyl/N-ethyl adjacent to an activating group) is 1. The highest BCUT2D eigenvalue weighted by molar-refractivity contribution is 5.97. The van der Waals surface area contributed by atoms with Gasteiger partial charge in [0.2, 0.25) is 5.88 Å². The van der Waals surface area contributed by atoms with Crippen molar-refractivity contribution >= 4 is 23.2 Å². The lowest BCUT2D eigenvalue weighted by molar-refractivity contribution is 0.0356. The van der Waals surface area contributed by atoms with Crippen molar-refractivity contribution in [2.75, 3.05) is 32.1 Å². The Bertz CT molecular complexity index is 1160. The van der Waals surface area contributed by atoms with Crippen molar-refractivity contribution in [3.63, 3.8) is 0 Å². The van der Waals surface area contributed by atoms with Crippen LogP contribution < -0.4 is 10.1 Å². The Morgan fingerprint density at radius 2 is 2.14 bits per heavy atom. The van der Waals surface area contributed by atoms with Crippen LogP contribution in [0, 0.1) is 19.8 Å². The van der Waals surface area contributed by atoms with Crippen molar-refractivity contribution in [2.24, 2.45) is 5.92 Å². The van der Waals surface area contributed by atoms with E-state index in [4.69, 9.17) is 9.26 Å². The Kier molecular flexibility index (Phi) is 8.16. The maximum absolute atomic E-state index is 13.6. The number of allylic oxidation sites excluding steroid dienone is 2. The van der Waals surface area contributed by atoms with Gasteiger partial charge in [0.1, 0.15) is 23.0 Å². The van der Waals surface area contributed by atoms with E-state index in [9.17, 15) is 14.7 Å². The fourth-order valence-corrected chi connectivity index (χ4v) is 4.81. The highest BCUT2D eigenvalue weighted by Gasteiger charge is 2.35. The minimum absolute atomic E-state index is 0.136. The molecule has 0 aromatic carbocycles. The number of amides is 3. The van der Waals surface area contributed by atoms with Crippen LogP contribution in [0.4, 0.5) is 10.5 Å². The van der Waals surface area contributed by atoms with Gasteiger partial charge < -0.3 is 29.5 Å². The van der Waals surface area contributed by atoms with Crippen molar-refractivity contribution in [2.45, 2.75) is 65.5 Å². The lowest BCUT2D eigenvalue weighted by atomic mass is 9.93. The van der Waals surface area contributed by atoms with Crippen LogP contribution in [0.2, 0.25) is 0 Å². The average Bonchev–Trinajstić information content (AvgIpc) is 3.22. The second kappa shape index (κ2) is 11.3. The van der Waals surface area contributed by atoms with E-state index in [0.29, 0.717) is 29.2 Å². The van der Waals surface area contributed by atoms with Crippen molar-refractivity contribution in [3.8, 4) is 5.88 Å². The molecule has 0 unspecified atom stereocenters. The third-order valence-electron chi connectivity index (χ3n) is 7.25. The number of pyridine rings is 1. The molecule has 0 saturated heterocycles. The van der Waals surface area contributed by atoms with Crippen LogP contribution in [-0.2, 0) is 0 Å². The van der Waals surface area contributed by atoms with Crippen LogP contribution in [0.3, 0.4) is 0 Å². The molecule has 37 heavy (non-hydrogen) atoms. The summed E-state index contributed by atoms with van der Waals surface area (Å²) in [5.74, 6) is 0.431. The molecular weight excluding hydrogens is 474 g/mol. The predicted molar refractivity (Wildman–Crippen MR) is 139 cm³/mol. The molecule has 0 saturated carbocycles.